The third kappa shape index (κ3) is 3.93. The van der Waals surface area contributed by atoms with Gasteiger partial charge in [-0.1, -0.05) is 24.3 Å². The van der Waals surface area contributed by atoms with Crippen molar-refractivity contribution in [2.45, 2.75) is 18.8 Å². The van der Waals surface area contributed by atoms with Crippen LogP contribution in [0.2, 0.25) is 0 Å². The fourth-order valence-electron chi connectivity index (χ4n) is 4.51. The molecule has 0 aliphatic carbocycles. The molecule has 0 amide bonds. The highest BCUT2D eigenvalue weighted by atomic mass is 16.7. The molecule has 8 nitrogen and oxygen atoms in total. The monoisotopic (exact) mass is 448 g/mol. The number of nitrogens with one attached hydrogen (secondary N) is 1. The van der Waals surface area contributed by atoms with Crippen molar-refractivity contribution in [1.82, 2.24) is 9.88 Å². The van der Waals surface area contributed by atoms with Gasteiger partial charge in [-0.15, -0.1) is 0 Å². The molecule has 0 atom stereocenters. The molecule has 1 spiro atoms. The van der Waals surface area contributed by atoms with Gasteiger partial charge in [-0.05, 0) is 18.2 Å². The maximum atomic E-state index is 12.3. The van der Waals surface area contributed by atoms with Gasteiger partial charge in [-0.25, -0.2) is 9.59 Å². The van der Waals surface area contributed by atoms with Crippen molar-refractivity contribution in [2.75, 3.05) is 26.8 Å². The molecule has 3 heterocycles. The van der Waals surface area contributed by atoms with E-state index >= 15 is 0 Å². The number of methoxy groups -OCH3 is 1. The predicted molar refractivity (Wildman–Crippen MR) is 120 cm³/mol. The summed E-state index contributed by atoms with van der Waals surface area (Å²) in [5.41, 5.74) is 2.61. The number of nitrogens with zero attached hydrogens (tertiary/aromatic N) is 1. The van der Waals surface area contributed by atoms with E-state index in [1.807, 2.05) is 48.5 Å². The van der Waals surface area contributed by atoms with E-state index in [2.05, 4.69) is 9.88 Å². The lowest BCUT2D eigenvalue weighted by Gasteiger charge is -2.30. The molecule has 0 unspecified atom stereocenters. The Hall–Kier alpha value is -3.78. The van der Waals surface area contributed by atoms with Gasteiger partial charge in [0.25, 0.3) is 5.79 Å². The van der Waals surface area contributed by atoms with Crippen molar-refractivity contribution in [3.8, 4) is 11.5 Å². The van der Waals surface area contributed by atoms with E-state index in [-0.39, 0.29) is 6.54 Å². The zero-order chi connectivity index (χ0) is 22.8. The van der Waals surface area contributed by atoms with Crippen LogP contribution in [-0.4, -0.2) is 43.3 Å². The van der Waals surface area contributed by atoms with E-state index in [1.54, 1.807) is 7.11 Å². The molecule has 2 aromatic carbocycles. The number of ether oxygens (including phenoxy) is 4. The van der Waals surface area contributed by atoms with Gasteiger partial charge in [0.1, 0.15) is 18.1 Å². The molecule has 170 valence electrons. The summed E-state index contributed by atoms with van der Waals surface area (Å²) in [7, 11) is 1.62. The Labute approximate surface area is 190 Å². The van der Waals surface area contributed by atoms with Gasteiger partial charge in [-0.3, -0.25) is 0 Å². The van der Waals surface area contributed by atoms with Crippen LogP contribution in [0, 0.1) is 0 Å². The van der Waals surface area contributed by atoms with Gasteiger partial charge >= 0.3 is 11.9 Å². The maximum absolute atomic E-state index is 12.3. The number of aromatic nitrogens is 1. The smallest absolute Gasteiger partial charge is 0.334 e. The number of rotatable bonds is 5. The average molecular weight is 448 g/mol. The summed E-state index contributed by atoms with van der Waals surface area (Å²) in [5.74, 6) is -1.33. The molecule has 1 N–H and O–H groups in total. The van der Waals surface area contributed by atoms with Crippen molar-refractivity contribution in [1.29, 1.82) is 0 Å². The van der Waals surface area contributed by atoms with Gasteiger partial charge in [0.15, 0.2) is 0 Å². The van der Waals surface area contributed by atoms with E-state index in [9.17, 15) is 9.59 Å². The van der Waals surface area contributed by atoms with E-state index in [0.717, 1.165) is 34.5 Å². The number of carbonyl (C=O) groups is 2. The molecule has 0 bridgehead atoms. The van der Waals surface area contributed by atoms with Crippen LogP contribution in [0.5, 0.6) is 11.5 Å². The molecule has 5 rings (SSSR count). The molecule has 2 aliphatic heterocycles. The highest BCUT2D eigenvalue weighted by molar-refractivity contribution is 5.95. The summed E-state index contributed by atoms with van der Waals surface area (Å²) in [5, 5.41) is 4.13. The molecule has 3 aromatic rings. The quantitative estimate of drug-likeness (QED) is 0.601. The minimum Gasteiger partial charge on any atom is -0.497 e. The topological polar surface area (TPSA) is 88.0 Å². The Kier molecular flexibility index (Phi) is 5.51. The molecule has 1 aromatic heterocycles. The Bertz CT molecular complexity index is 1220. The summed E-state index contributed by atoms with van der Waals surface area (Å²) in [6.45, 7) is 1.79. The minimum absolute atomic E-state index is 0.174. The van der Waals surface area contributed by atoms with E-state index in [1.165, 1.54) is 0 Å². The summed E-state index contributed by atoms with van der Waals surface area (Å²) < 4.78 is 24.9. The zero-order valence-corrected chi connectivity index (χ0v) is 18.2. The normalized spacial score (nSPS) is 17.1. The first-order valence-corrected chi connectivity index (χ1v) is 10.8. The second kappa shape index (κ2) is 8.63. The lowest BCUT2D eigenvalue weighted by Crippen LogP contribution is -2.43. The molecule has 0 saturated heterocycles. The predicted octanol–water partition coefficient (Wildman–Crippen LogP) is 2.68. The lowest BCUT2D eigenvalue weighted by molar-refractivity contribution is -0.223. The van der Waals surface area contributed by atoms with Crippen molar-refractivity contribution < 1.29 is 28.5 Å². The van der Waals surface area contributed by atoms with E-state index in [0.29, 0.717) is 37.4 Å². The molecular weight excluding hydrogens is 424 g/mol. The Morgan fingerprint density at radius 1 is 1.03 bits per heavy atom. The van der Waals surface area contributed by atoms with Crippen LogP contribution in [0.15, 0.2) is 60.7 Å². The number of hydrogen-bond donors (Lipinski definition) is 1. The van der Waals surface area contributed by atoms with E-state index in [4.69, 9.17) is 18.9 Å². The van der Waals surface area contributed by atoms with Crippen LogP contribution >= 0.6 is 0 Å². The van der Waals surface area contributed by atoms with Crippen LogP contribution in [0.25, 0.3) is 10.9 Å². The average Bonchev–Trinajstić information content (AvgIpc) is 2.91. The van der Waals surface area contributed by atoms with Crippen LogP contribution < -0.4 is 14.8 Å². The molecule has 0 radical (unpaired) electrons. The molecule has 0 saturated carbocycles. The number of hydrogen-bond acceptors (Lipinski definition) is 7. The standard InChI is InChI=1S/C25H24N2O6/c1-30-17-5-4-6-18(15-17)31-14-13-27-20-8-3-2-7-19(20)24-21(27)11-12-26-16-25(24)32-22(28)9-10-23(29)33-25/h2-10,15,26H,11-14,16H2,1H3. The largest absolute Gasteiger partial charge is 0.497 e. The van der Waals surface area contributed by atoms with Crippen LogP contribution in [0.1, 0.15) is 11.3 Å². The second-order valence-corrected chi connectivity index (χ2v) is 7.87. The fourth-order valence-corrected chi connectivity index (χ4v) is 4.51. The first-order valence-electron chi connectivity index (χ1n) is 10.8. The second-order valence-electron chi connectivity index (χ2n) is 7.87. The molecule has 8 heteroatoms. The van der Waals surface area contributed by atoms with Crippen LogP contribution in [0.3, 0.4) is 0 Å². The van der Waals surface area contributed by atoms with Crippen molar-refractivity contribution in [3.63, 3.8) is 0 Å². The number of esters is 2. The summed E-state index contributed by atoms with van der Waals surface area (Å²) in [4.78, 5) is 24.7. The fraction of sp³-hybridized carbons (Fsp3) is 0.280. The summed E-state index contributed by atoms with van der Waals surface area (Å²) >= 11 is 0. The van der Waals surface area contributed by atoms with Crippen molar-refractivity contribution >= 4 is 22.8 Å². The highest BCUT2D eigenvalue weighted by Crippen LogP contribution is 2.40. The van der Waals surface area contributed by atoms with Gasteiger partial charge in [0.2, 0.25) is 0 Å². The van der Waals surface area contributed by atoms with Gasteiger partial charge < -0.3 is 28.8 Å². The zero-order valence-electron chi connectivity index (χ0n) is 18.2. The van der Waals surface area contributed by atoms with Crippen molar-refractivity contribution in [2.24, 2.45) is 0 Å². The third-order valence-electron chi connectivity index (χ3n) is 5.87. The SMILES string of the molecule is COc1cccc(OCCn2c3c(c4ccccc42)C2(CNCC3)OC(=O)C=CC(=O)O2)c1. The molecule has 33 heavy (non-hydrogen) atoms. The van der Waals surface area contributed by atoms with Crippen LogP contribution in [-0.2, 0) is 37.8 Å². The summed E-state index contributed by atoms with van der Waals surface area (Å²) in [6, 6.07) is 15.3. The Morgan fingerprint density at radius 3 is 2.58 bits per heavy atom. The Morgan fingerprint density at radius 2 is 1.79 bits per heavy atom. The molecule has 2 aliphatic rings. The van der Waals surface area contributed by atoms with E-state index < -0.39 is 17.7 Å². The van der Waals surface area contributed by atoms with Crippen molar-refractivity contribution in [3.05, 3.63) is 71.9 Å². The summed E-state index contributed by atoms with van der Waals surface area (Å²) in [6.07, 6.45) is 2.87. The third-order valence-corrected chi connectivity index (χ3v) is 5.87. The maximum Gasteiger partial charge on any atom is 0.334 e. The van der Waals surface area contributed by atoms with Gasteiger partial charge in [0, 0.05) is 47.8 Å². The Balaban J connectivity index is 1.54. The number of para-hydroxylation sites is 1. The number of benzene rings is 2. The first kappa shape index (κ1) is 21.1. The lowest BCUT2D eigenvalue weighted by atomic mass is 10.0. The number of carbonyl (C=O) groups excluding carboxylic acids is 2. The molecule has 0 fully saturated rings. The van der Waals surface area contributed by atoms with Crippen LogP contribution in [0.4, 0.5) is 0 Å². The van der Waals surface area contributed by atoms with Gasteiger partial charge in [0.05, 0.1) is 25.8 Å². The first-order chi connectivity index (χ1) is 16.1. The highest BCUT2D eigenvalue weighted by Gasteiger charge is 2.47. The minimum atomic E-state index is -1.54. The number of fused-ring (bicyclic) bond motifs is 4. The van der Waals surface area contributed by atoms with Gasteiger partial charge in [-0.2, -0.15) is 0 Å². The molecular formula is C25H24N2O6.